The van der Waals surface area contributed by atoms with Gasteiger partial charge < -0.3 is 9.47 Å². The van der Waals surface area contributed by atoms with E-state index in [1.54, 1.807) is 24.3 Å². The summed E-state index contributed by atoms with van der Waals surface area (Å²) in [5.74, 6) is 0.00445. The Hall–Kier alpha value is -2.27. The second-order valence-electron chi connectivity index (χ2n) is 7.65. The highest BCUT2D eigenvalue weighted by Gasteiger charge is 2.36. The van der Waals surface area contributed by atoms with Crippen molar-refractivity contribution in [2.75, 3.05) is 6.61 Å². The molecule has 0 radical (unpaired) electrons. The van der Waals surface area contributed by atoms with Gasteiger partial charge in [0, 0.05) is 15.6 Å². The molecule has 10 heteroatoms. The van der Waals surface area contributed by atoms with Crippen molar-refractivity contribution in [1.82, 2.24) is 4.90 Å². The van der Waals surface area contributed by atoms with E-state index in [9.17, 15) is 14.0 Å². The molecular formula is C26H19Cl2FINO4S. The molecule has 0 saturated carbocycles. The summed E-state index contributed by atoms with van der Waals surface area (Å²) in [6.45, 7) is 2.36. The Kier molecular flexibility index (Phi) is 8.82. The summed E-state index contributed by atoms with van der Waals surface area (Å²) in [5.41, 5.74) is 1.71. The highest BCUT2D eigenvalue weighted by Crippen LogP contribution is 2.38. The molecule has 0 bridgehead atoms. The van der Waals surface area contributed by atoms with Crippen LogP contribution in [0, 0.1) is 9.39 Å². The van der Waals surface area contributed by atoms with Crippen molar-refractivity contribution in [2.24, 2.45) is 0 Å². The monoisotopic (exact) mass is 657 g/mol. The Balaban J connectivity index is 1.56. The number of hydrogen-bond donors (Lipinski definition) is 0. The van der Waals surface area contributed by atoms with E-state index < -0.39 is 17.0 Å². The van der Waals surface area contributed by atoms with Crippen LogP contribution >= 0.6 is 57.6 Å². The maximum atomic E-state index is 14.2. The number of benzene rings is 3. The van der Waals surface area contributed by atoms with E-state index in [4.69, 9.17) is 32.7 Å². The second kappa shape index (κ2) is 11.9. The Bertz CT molecular complexity index is 1330. The smallest absolute Gasteiger partial charge is 0.293 e. The number of ether oxygens (including phenoxy) is 2. The molecule has 2 amide bonds. The van der Waals surface area contributed by atoms with E-state index in [2.05, 4.69) is 22.6 Å². The maximum Gasteiger partial charge on any atom is 0.293 e. The first-order chi connectivity index (χ1) is 17.3. The van der Waals surface area contributed by atoms with Gasteiger partial charge in [-0.1, -0.05) is 41.4 Å². The van der Waals surface area contributed by atoms with E-state index >= 15 is 0 Å². The zero-order valence-corrected chi connectivity index (χ0v) is 23.4. The van der Waals surface area contributed by atoms with Gasteiger partial charge in [0.05, 0.1) is 21.6 Å². The van der Waals surface area contributed by atoms with Gasteiger partial charge >= 0.3 is 0 Å². The van der Waals surface area contributed by atoms with E-state index in [-0.39, 0.29) is 22.0 Å². The molecule has 0 aliphatic carbocycles. The molecule has 1 aliphatic rings. The molecule has 0 N–H and O–H groups in total. The van der Waals surface area contributed by atoms with Crippen LogP contribution in [0.3, 0.4) is 0 Å². The summed E-state index contributed by atoms with van der Waals surface area (Å²) < 4.78 is 26.8. The van der Waals surface area contributed by atoms with Crippen molar-refractivity contribution in [1.29, 1.82) is 0 Å². The summed E-state index contributed by atoms with van der Waals surface area (Å²) in [5, 5.41) is 0.311. The Morgan fingerprint density at radius 2 is 1.83 bits per heavy atom. The largest absolute Gasteiger partial charge is 0.490 e. The molecule has 0 atom stereocenters. The molecule has 4 rings (SSSR count). The van der Waals surface area contributed by atoms with Crippen LogP contribution in [0.1, 0.15) is 23.6 Å². The van der Waals surface area contributed by atoms with Crippen LogP contribution in [0.2, 0.25) is 10.0 Å². The summed E-state index contributed by atoms with van der Waals surface area (Å²) >= 11 is 15.0. The van der Waals surface area contributed by atoms with Crippen LogP contribution in [0.25, 0.3) is 6.08 Å². The van der Waals surface area contributed by atoms with Gasteiger partial charge in [-0.3, -0.25) is 14.5 Å². The first-order valence-electron chi connectivity index (χ1n) is 10.8. The maximum absolute atomic E-state index is 14.2. The molecular weight excluding hydrogens is 639 g/mol. The molecule has 36 heavy (non-hydrogen) atoms. The Morgan fingerprint density at radius 3 is 2.53 bits per heavy atom. The molecule has 0 unspecified atom stereocenters. The third-order valence-electron chi connectivity index (χ3n) is 5.18. The lowest BCUT2D eigenvalue weighted by Gasteiger charge is -2.15. The first-order valence-corrected chi connectivity index (χ1v) is 13.4. The third kappa shape index (κ3) is 6.16. The van der Waals surface area contributed by atoms with E-state index in [0.717, 1.165) is 25.8 Å². The van der Waals surface area contributed by atoms with Crippen molar-refractivity contribution in [2.45, 2.75) is 20.1 Å². The molecule has 3 aromatic carbocycles. The summed E-state index contributed by atoms with van der Waals surface area (Å²) in [6.07, 6.45) is 1.61. The Labute approximate surface area is 235 Å². The lowest BCUT2D eigenvalue weighted by molar-refractivity contribution is -0.123. The average molecular weight is 658 g/mol. The van der Waals surface area contributed by atoms with Gasteiger partial charge in [-0.25, -0.2) is 4.39 Å². The van der Waals surface area contributed by atoms with Crippen LogP contribution in [0.4, 0.5) is 9.18 Å². The van der Waals surface area contributed by atoms with Gasteiger partial charge in [0.2, 0.25) is 0 Å². The SMILES string of the molecule is CCOc1cc(/C=C2\SC(=O)N(Cc3c(F)cccc3Cl)C2=O)cc(I)c1OCc1ccc(Cl)cc1. The number of carbonyl (C=O) groups excluding carboxylic acids is 2. The van der Waals surface area contributed by atoms with Crippen LogP contribution in [0.15, 0.2) is 59.5 Å². The fourth-order valence-electron chi connectivity index (χ4n) is 3.44. The fourth-order valence-corrected chi connectivity index (χ4v) is 5.41. The van der Waals surface area contributed by atoms with E-state index in [1.807, 2.05) is 25.1 Å². The van der Waals surface area contributed by atoms with Crippen molar-refractivity contribution >= 4 is 74.8 Å². The van der Waals surface area contributed by atoms with Crippen LogP contribution < -0.4 is 9.47 Å². The molecule has 3 aromatic rings. The van der Waals surface area contributed by atoms with Gasteiger partial charge in [-0.15, -0.1) is 0 Å². The zero-order valence-electron chi connectivity index (χ0n) is 18.9. The van der Waals surface area contributed by atoms with Gasteiger partial charge in [0.1, 0.15) is 12.4 Å². The molecule has 1 heterocycles. The number of rotatable bonds is 8. The fraction of sp³-hybridized carbons (Fsp3) is 0.154. The summed E-state index contributed by atoms with van der Waals surface area (Å²) in [7, 11) is 0. The second-order valence-corrected chi connectivity index (χ2v) is 10.6. The third-order valence-corrected chi connectivity index (χ3v) is 7.49. The normalized spacial score (nSPS) is 14.6. The molecule has 1 saturated heterocycles. The minimum atomic E-state index is -0.573. The van der Waals surface area contributed by atoms with Crippen molar-refractivity contribution in [3.05, 3.63) is 95.6 Å². The standard InChI is InChI=1S/C26H19Cl2FINO4S/c1-2-34-22-11-16(10-21(30)24(22)35-14-15-6-8-17(27)9-7-15)12-23-25(32)31(26(33)36-23)13-18-19(28)4-3-5-20(18)29/h3-12H,2,13-14H2,1H3/b23-12-. The number of halogens is 4. The van der Waals surface area contributed by atoms with Gasteiger partial charge in [0.25, 0.3) is 11.1 Å². The number of thioether (sulfide) groups is 1. The van der Waals surface area contributed by atoms with E-state index in [1.165, 1.54) is 18.2 Å². The predicted octanol–water partition coefficient (Wildman–Crippen LogP) is 7.95. The molecule has 186 valence electrons. The van der Waals surface area contributed by atoms with Crippen molar-refractivity contribution < 1.29 is 23.5 Å². The Morgan fingerprint density at radius 1 is 1.08 bits per heavy atom. The number of imide groups is 1. The molecule has 0 spiro atoms. The minimum Gasteiger partial charge on any atom is -0.490 e. The van der Waals surface area contributed by atoms with Gasteiger partial charge in [0.15, 0.2) is 11.5 Å². The lowest BCUT2D eigenvalue weighted by Crippen LogP contribution is -2.28. The molecule has 5 nitrogen and oxygen atoms in total. The number of nitrogens with zero attached hydrogens (tertiary/aromatic N) is 1. The van der Waals surface area contributed by atoms with Gasteiger partial charge in [-0.05, 0) is 94.9 Å². The van der Waals surface area contributed by atoms with Gasteiger partial charge in [-0.2, -0.15) is 0 Å². The first kappa shape index (κ1) is 26.8. The topological polar surface area (TPSA) is 55.8 Å². The van der Waals surface area contributed by atoms with Crippen molar-refractivity contribution in [3.8, 4) is 11.5 Å². The van der Waals surface area contributed by atoms with Crippen LogP contribution in [-0.4, -0.2) is 22.7 Å². The quantitative estimate of drug-likeness (QED) is 0.182. The van der Waals surface area contributed by atoms with Crippen LogP contribution in [-0.2, 0) is 17.9 Å². The number of hydrogen-bond acceptors (Lipinski definition) is 5. The van der Waals surface area contributed by atoms with Crippen LogP contribution in [0.5, 0.6) is 11.5 Å². The predicted molar refractivity (Wildman–Crippen MR) is 149 cm³/mol. The average Bonchev–Trinajstić information content (AvgIpc) is 3.09. The van der Waals surface area contributed by atoms with E-state index in [0.29, 0.717) is 35.3 Å². The van der Waals surface area contributed by atoms with Crippen molar-refractivity contribution in [3.63, 3.8) is 0 Å². The molecule has 0 aromatic heterocycles. The molecule has 1 aliphatic heterocycles. The zero-order chi connectivity index (χ0) is 25.8. The summed E-state index contributed by atoms with van der Waals surface area (Å²) in [4.78, 5) is 26.7. The number of amides is 2. The molecule has 1 fully saturated rings. The highest BCUT2D eigenvalue weighted by atomic mass is 127. The lowest BCUT2D eigenvalue weighted by atomic mass is 10.1. The number of carbonyl (C=O) groups is 2. The minimum absolute atomic E-state index is 0.0955. The highest BCUT2D eigenvalue weighted by molar-refractivity contribution is 14.1. The summed E-state index contributed by atoms with van der Waals surface area (Å²) in [6, 6.07) is 15.2.